The lowest BCUT2D eigenvalue weighted by Gasteiger charge is -2.13. The first kappa shape index (κ1) is 24.3. The number of benzene rings is 2. The number of carbonyl (C=O) groups excluding carboxylic acids is 1. The lowest BCUT2D eigenvalue weighted by molar-refractivity contribution is 0.0663. The number of carbonyl (C=O) groups is 1. The Hall–Kier alpha value is -3.38. The molecule has 3 rings (SSSR count). The van der Waals surface area contributed by atoms with Crippen molar-refractivity contribution in [2.45, 2.75) is 46.6 Å². The van der Waals surface area contributed by atoms with E-state index in [1.54, 1.807) is 0 Å². The van der Waals surface area contributed by atoms with E-state index in [1.807, 2.05) is 81.4 Å². The molecule has 0 saturated carbocycles. The van der Waals surface area contributed by atoms with E-state index >= 15 is 0 Å². The first-order chi connectivity index (χ1) is 16.0. The summed E-state index contributed by atoms with van der Waals surface area (Å²) in [5, 5.41) is 2.92. The smallest absolute Gasteiger partial charge is 0.257 e. The van der Waals surface area contributed by atoms with Crippen molar-refractivity contribution in [1.82, 2.24) is 4.98 Å². The van der Waals surface area contributed by atoms with Gasteiger partial charge in [-0.3, -0.25) is 9.78 Å². The molecule has 2 aromatic carbocycles. The molecule has 6 heteroatoms. The number of nitrogens with zero attached hydrogens (tertiary/aromatic N) is 1. The number of ether oxygens (including phenoxy) is 3. The molecule has 0 fully saturated rings. The Bertz CT molecular complexity index is 1050. The highest BCUT2D eigenvalue weighted by Crippen LogP contribution is 2.26. The third-order valence-corrected chi connectivity index (χ3v) is 4.96. The van der Waals surface area contributed by atoms with Gasteiger partial charge in [0.15, 0.2) is 0 Å². The van der Waals surface area contributed by atoms with Crippen molar-refractivity contribution in [2.75, 3.05) is 18.5 Å². The molecule has 1 aromatic heterocycles. The molecule has 1 heterocycles. The van der Waals surface area contributed by atoms with Crippen molar-refractivity contribution in [2.24, 2.45) is 0 Å². The third-order valence-electron chi connectivity index (χ3n) is 4.96. The maximum atomic E-state index is 12.8. The fourth-order valence-electron chi connectivity index (χ4n) is 3.37. The molecule has 0 spiro atoms. The van der Waals surface area contributed by atoms with Crippen LogP contribution in [0.25, 0.3) is 0 Å². The highest BCUT2D eigenvalue weighted by atomic mass is 16.5. The lowest BCUT2D eigenvalue weighted by Crippen LogP contribution is -2.16. The molecule has 0 saturated heterocycles. The molecule has 3 aromatic rings. The highest BCUT2D eigenvalue weighted by molar-refractivity contribution is 6.05. The minimum atomic E-state index is -0.195. The quantitative estimate of drug-likeness (QED) is 0.379. The van der Waals surface area contributed by atoms with Crippen molar-refractivity contribution >= 4 is 11.6 Å². The Morgan fingerprint density at radius 1 is 1.00 bits per heavy atom. The van der Waals surface area contributed by atoms with Crippen LogP contribution in [-0.2, 0) is 11.2 Å². The minimum Gasteiger partial charge on any atom is -0.494 e. The summed E-state index contributed by atoms with van der Waals surface area (Å²) in [6, 6.07) is 18.4. The molecule has 0 radical (unpaired) electrons. The first-order valence-electron chi connectivity index (χ1n) is 11.4. The average Bonchev–Trinajstić information content (AvgIpc) is 2.79. The second-order valence-electron chi connectivity index (χ2n) is 7.81. The lowest BCUT2D eigenvalue weighted by atomic mass is 10.1. The van der Waals surface area contributed by atoms with E-state index in [0.717, 1.165) is 30.9 Å². The molecule has 0 aliphatic heterocycles. The monoisotopic (exact) mass is 448 g/mol. The van der Waals surface area contributed by atoms with E-state index in [-0.39, 0.29) is 12.0 Å². The molecule has 1 N–H and O–H groups in total. The standard InChI is InChI=1S/C27H32N2O4/c1-5-16-32-19(3)17-22-12-15-26(20(4)28-22)27(30)29-21-10-13-23(14-11-21)33-25-9-7-8-24(18-25)31-6-2/h7-15,18-19H,5-6,16-17H2,1-4H3,(H,29,30). The van der Waals surface area contributed by atoms with Crippen molar-refractivity contribution in [3.63, 3.8) is 0 Å². The van der Waals surface area contributed by atoms with Gasteiger partial charge in [-0.2, -0.15) is 0 Å². The van der Waals surface area contributed by atoms with E-state index in [1.165, 1.54) is 0 Å². The van der Waals surface area contributed by atoms with Crippen LogP contribution in [0.15, 0.2) is 60.7 Å². The number of rotatable bonds is 11. The van der Waals surface area contributed by atoms with Crippen LogP contribution in [0.1, 0.15) is 48.9 Å². The van der Waals surface area contributed by atoms with E-state index in [0.29, 0.717) is 35.1 Å². The minimum absolute atomic E-state index is 0.0962. The topological polar surface area (TPSA) is 69.7 Å². The molecule has 1 unspecified atom stereocenters. The summed E-state index contributed by atoms with van der Waals surface area (Å²) >= 11 is 0. The van der Waals surface area contributed by atoms with Gasteiger partial charge in [-0.25, -0.2) is 0 Å². The van der Waals surface area contributed by atoms with Crippen LogP contribution < -0.4 is 14.8 Å². The van der Waals surface area contributed by atoms with Crippen LogP contribution in [0.4, 0.5) is 5.69 Å². The Morgan fingerprint density at radius 2 is 1.76 bits per heavy atom. The van der Waals surface area contributed by atoms with Crippen molar-refractivity contribution < 1.29 is 19.0 Å². The number of anilines is 1. The van der Waals surface area contributed by atoms with Crippen LogP contribution in [0.5, 0.6) is 17.2 Å². The Balaban J connectivity index is 1.59. The molecular formula is C27H32N2O4. The van der Waals surface area contributed by atoms with Gasteiger partial charge in [0.1, 0.15) is 17.2 Å². The van der Waals surface area contributed by atoms with Crippen molar-refractivity contribution in [1.29, 1.82) is 0 Å². The van der Waals surface area contributed by atoms with Gasteiger partial charge in [0.05, 0.1) is 24.0 Å². The Kier molecular flexibility index (Phi) is 8.84. The van der Waals surface area contributed by atoms with Gasteiger partial charge in [-0.05, 0) is 75.7 Å². The van der Waals surface area contributed by atoms with Gasteiger partial charge in [0, 0.05) is 30.5 Å². The fourth-order valence-corrected chi connectivity index (χ4v) is 3.37. The molecule has 1 atom stereocenters. The van der Waals surface area contributed by atoms with E-state index in [2.05, 4.69) is 17.2 Å². The number of nitrogens with one attached hydrogen (secondary N) is 1. The molecule has 6 nitrogen and oxygen atoms in total. The van der Waals surface area contributed by atoms with Crippen LogP contribution in [0.3, 0.4) is 0 Å². The summed E-state index contributed by atoms with van der Waals surface area (Å²) in [6.45, 7) is 9.26. The highest BCUT2D eigenvalue weighted by Gasteiger charge is 2.13. The maximum absolute atomic E-state index is 12.8. The Morgan fingerprint density at radius 3 is 2.45 bits per heavy atom. The second kappa shape index (κ2) is 12.0. The van der Waals surface area contributed by atoms with Crippen molar-refractivity contribution in [3.05, 3.63) is 77.6 Å². The average molecular weight is 449 g/mol. The van der Waals surface area contributed by atoms with Gasteiger partial charge in [-0.15, -0.1) is 0 Å². The molecule has 174 valence electrons. The van der Waals surface area contributed by atoms with Crippen LogP contribution >= 0.6 is 0 Å². The molecule has 0 aliphatic carbocycles. The molecule has 0 aliphatic rings. The number of pyridine rings is 1. The summed E-state index contributed by atoms with van der Waals surface area (Å²) in [5.74, 6) is 1.92. The number of hydrogen-bond donors (Lipinski definition) is 1. The van der Waals surface area contributed by atoms with E-state index < -0.39 is 0 Å². The number of hydrogen-bond acceptors (Lipinski definition) is 5. The van der Waals surface area contributed by atoms with E-state index in [9.17, 15) is 4.79 Å². The zero-order valence-electron chi connectivity index (χ0n) is 19.8. The normalized spacial score (nSPS) is 11.6. The Labute approximate surface area is 195 Å². The van der Waals surface area contributed by atoms with E-state index in [4.69, 9.17) is 14.2 Å². The first-order valence-corrected chi connectivity index (χ1v) is 11.4. The summed E-state index contributed by atoms with van der Waals surface area (Å²) in [4.78, 5) is 17.4. The van der Waals surface area contributed by atoms with Crippen LogP contribution in [0, 0.1) is 6.92 Å². The van der Waals surface area contributed by atoms with Crippen LogP contribution in [-0.4, -0.2) is 30.2 Å². The molecule has 0 bridgehead atoms. The van der Waals surface area contributed by atoms with Crippen LogP contribution in [0.2, 0.25) is 0 Å². The SMILES string of the molecule is CCCOC(C)Cc1ccc(C(=O)Nc2ccc(Oc3cccc(OCC)c3)cc2)c(C)n1. The molecule has 1 amide bonds. The number of aromatic nitrogens is 1. The summed E-state index contributed by atoms with van der Waals surface area (Å²) in [6.07, 6.45) is 1.81. The maximum Gasteiger partial charge on any atom is 0.257 e. The van der Waals surface area contributed by atoms with Gasteiger partial charge < -0.3 is 19.5 Å². The predicted octanol–water partition coefficient (Wildman–Crippen LogP) is 6.19. The largest absolute Gasteiger partial charge is 0.494 e. The summed E-state index contributed by atoms with van der Waals surface area (Å²) < 4.78 is 17.1. The number of aryl methyl sites for hydroxylation is 1. The second-order valence-corrected chi connectivity index (χ2v) is 7.81. The molecule has 33 heavy (non-hydrogen) atoms. The van der Waals surface area contributed by atoms with Gasteiger partial charge in [-0.1, -0.05) is 13.0 Å². The molecular weight excluding hydrogens is 416 g/mol. The fraction of sp³-hybridized carbons (Fsp3) is 0.333. The predicted molar refractivity (Wildman–Crippen MR) is 130 cm³/mol. The van der Waals surface area contributed by atoms with Gasteiger partial charge in [0.25, 0.3) is 5.91 Å². The van der Waals surface area contributed by atoms with Crippen molar-refractivity contribution in [3.8, 4) is 17.2 Å². The summed E-state index contributed by atoms with van der Waals surface area (Å²) in [7, 11) is 0. The zero-order valence-corrected chi connectivity index (χ0v) is 19.8. The summed E-state index contributed by atoms with van der Waals surface area (Å²) in [5.41, 5.74) is 2.85. The van der Waals surface area contributed by atoms with Gasteiger partial charge >= 0.3 is 0 Å². The third kappa shape index (κ3) is 7.32. The number of amides is 1. The zero-order chi connectivity index (χ0) is 23.6. The van der Waals surface area contributed by atoms with Gasteiger partial charge in [0.2, 0.25) is 0 Å².